The molecule has 0 rings (SSSR count). The Morgan fingerprint density at radius 1 is 1.16 bits per heavy atom. The van der Waals surface area contributed by atoms with E-state index in [1.165, 1.54) is 0 Å². The Bertz CT molecular complexity index is 319. The molecule has 6 heteroatoms. The van der Waals surface area contributed by atoms with Gasteiger partial charge in [0.1, 0.15) is 6.04 Å². The number of hydrogen-bond donors (Lipinski definition) is 2. The monoisotopic (exact) mass is 333 g/mol. The van der Waals surface area contributed by atoms with Crippen molar-refractivity contribution >= 4 is 33.4 Å². The molecule has 0 aliphatic carbocycles. The first-order valence-electron chi connectivity index (χ1n) is 6.42. The summed E-state index contributed by atoms with van der Waals surface area (Å²) in [5.41, 5.74) is 5.56. The molecule has 0 aliphatic rings. The van der Waals surface area contributed by atoms with Crippen LogP contribution in [-0.4, -0.2) is 29.3 Å². The van der Waals surface area contributed by atoms with E-state index in [2.05, 4.69) is 21.2 Å². The zero-order valence-electron chi connectivity index (χ0n) is 11.5. The molecule has 0 aromatic carbocycles. The van der Waals surface area contributed by atoms with Gasteiger partial charge in [0.15, 0.2) is 5.78 Å². The Labute approximate surface area is 122 Å². The average Bonchev–Trinajstić information content (AvgIpc) is 2.39. The van der Waals surface area contributed by atoms with E-state index in [1.54, 1.807) is 13.8 Å². The van der Waals surface area contributed by atoms with E-state index in [0.717, 1.165) is 12.8 Å². The standard InChI is InChI=1S/C13H22BrN2O3/c1-9(2)12(15)13(19)10(17)6-4-3-5-7-16-11(18)8-14/h9H,3-8,15H2,1-2H3,(H,16,18). The first-order valence-corrected chi connectivity index (χ1v) is 7.54. The lowest BCUT2D eigenvalue weighted by Crippen LogP contribution is -2.32. The van der Waals surface area contributed by atoms with Crippen molar-refractivity contribution in [2.45, 2.75) is 39.5 Å². The predicted molar refractivity (Wildman–Crippen MR) is 77.6 cm³/mol. The summed E-state index contributed by atoms with van der Waals surface area (Å²) in [7, 11) is 0. The summed E-state index contributed by atoms with van der Waals surface area (Å²) >= 11 is 3.05. The normalized spacial score (nSPS) is 10.8. The number of Topliss-reactive ketones (excluding diaryl/α,β-unsaturated/α-hetero) is 2. The zero-order chi connectivity index (χ0) is 14.8. The summed E-state index contributed by atoms with van der Waals surface area (Å²) in [5, 5.41) is 3.01. The van der Waals surface area contributed by atoms with Crippen LogP contribution in [0.1, 0.15) is 39.5 Å². The molecule has 0 aromatic rings. The third-order valence-corrected chi connectivity index (χ3v) is 3.17. The summed E-state index contributed by atoms with van der Waals surface area (Å²) in [6.07, 6.45) is 2.45. The molecule has 19 heavy (non-hydrogen) atoms. The van der Waals surface area contributed by atoms with Crippen molar-refractivity contribution in [3.63, 3.8) is 0 Å². The van der Waals surface area contributed by atoms with Gasteiger partial charge in [0.25, 0.3) is 0 Å². The van der Waals surface area contributed by atoms with Gasteiger partial charge in [-0.2, -0.15) is 0 Å². The van der Waals surface area contributed by atoms with Crippen LogP contribution in [-0.2, 0) is 14.4 Å². The first kappa shape index (κ1) is 18.2. The van der Waals surface area contributed by atoms with Gasteiger partial charge in [0, 0.05) is 13.0 Å². The summed E-state index contributed by atoms with van der Waals surface area (Å²) < 4.78 is 0. The van der Waals surface area contributed by atoms with Crippen LogP contribution in [0.2, 0.25) is 0 Å². The molecule has 3 N–H and O–H groups in total. The van der Waals surface area contributed by atoms with Crippen LogP contribution in [0.4, 0.5) is 0 Å². The van der Waals surface area contributed by atoms with Crippen LogP contribution in [0.25, 0.3) is 0 Å². The number of nitrogens with two attached hydrogens (primary N) is 1. The fourth-order valence-electron chi connectivity index (χ4n) is 1.40. The summed E-state index contributed by atoms with van der Waals surface area (Å²) in [4.78, 5) is 34.0. The number of carbonyl (C=O) groups excluding carboxylic acids is 3. The number of rotatable bonds is 10. The van der Waals surface area contributed by atoms with E-state index in [9.17, 15) is 14.4 Å². The summed E-state index contributed by atoms with van der Waals surface area (Å²) in [5.74, 6) is -1.13. The van der Waals surface area contributed by atoms with E-state index in [0.29, 0.717) is 18.3 Å². The molecule has 0 saturated carbocycles. The second kappa shape index (κ2) is 10.1. The molecular weight excluding hydrogens is 312 g/mol. The van der Waals surface area contributed by atoms with E-state index < -0.39 is 11.6 Å². The van der Waals surface area contributed by atoms with Crippen LogP contribution < -0.4 is 11.1 Å². The molecule has 5 nitrogen and oxygen atoms in total. The Morgan fingerprint density at radius 2 is 1.79 bits per heavy atom. The fraction of sp³-hybridized carbons (Fsp3) is 0.692. The molecule has 0 saturated heterocycles. The van der Waals surface area contributed by atoms with Gasteiger partial charge in [0.2, 0.25) is 11.7 Å². The van der Waals surface area contributed by atoms with Crippen molar-refractivity contribution in [1.82, 2.24) is 5.32 Å². The molecule has 0 bridgehead atoms. The van der Waals surface area contributed by atoms with Crippen LogP contribution >= 0.6 is 15.9 Å². The molecule has 0 aliphatic heterocycles. The Hall–Kier alpha value is -0.750. The van der Waals surface area contributed by atoms with E-state index in [4.69, 9.17) is 5.73 Å². The second-order valence-corrected chi connectivity index (χ2v) is 5.22. The third-order valence-electron chi connectivity index (χ3n) is 2.66. The number of nitrogens with one attached hydrogen (secondary N) is 1. The number of amides is 1. The summed E-state index contributed by atoms with van der Waals surface area (Å²) in [6, 6.07) is 0.134. The fourth-order valence-corrected chi connectivity index (χ4v) is 1.60. The van der Waals surface area contributed by atoms with Gasteiger partial charge in [-0.3, -0.25) is 14.4 Å². The van der Waals surface area contributed by atoms with E-state index in [1.807, 2.05) is 0 Å². The largest absolute Gasteiger partial charge is 0.355 e. The lowest BCUT2D eigenvalue weighted by atomic mass is 9.96. The highest BCUT2D eigenvalue weighted by Gasteiger charge is 2.24. The number of ketones is 2. The van der Waals surface area contributed by atoms with Crippen LogP contribution in [0.3, 0.4) is 0 Å². The Morgan fingerprint density at radius 3 is 2.32 bits per heavy atom. The smallest absolute Gasteiger partial charge is 0.230 e. The van der Waals surface area contributed by atoms with Gasteiger partial charge in [-0.1, -0.05) is 36.2 Å². The quantitative estimate of drug-likeness (QED) is 0.358. The minimum absolute atomic E-state index is 0.0504. The highest BCUT2D eigenvalue weighted by molar-refractivity contribution is 9.09. The number of hydrogen-bond acceptors (Lipinski definition) is 4. The number of carbonyl (C=O) groups is 3. The maximum atomic E-state index is 11.6. The van der Waals surface area contributed by atoms with Crippen LogP contribution in [0, 0.1) is 12.0 Å². The highest BCUT2D eigenvalue weighted by atomic mass is 79.9. The Balaban J connectivity index is 3.69. The molecule has 1 radical (unpaired) electrons. The molecule has 109 valence electrons. The maximum Gasteiger partial charge on any atom is 0.230 e. The molecule has 0 heterocycles. The number of halogens is 1. The highest BCUT2D eigenvalue weighted by Crippen LogP contribution is 2.10. The van der Waals surface area contributed by atoms with Crippen LogP contribution in [0.15, 0.2) is 0 Å². The second-order valence-electron chi connectivity index (χ2n) is 4.66. The van der Waals surface area contributed by atoms with Gasteiger partial charge in [0.05, 0.1) is 5.33 Å². The molecule has 0 fully saturated rings. The maximum absolute atomic E-state index is 11.6. The summed E-state index contributed by atoms with van der Waals surface area (Å²) in [6.45, 7) is 4.16. The minimum atomic E-state index is -0.553. The van der Waals surface area contributed by atoms with Gasteiger partial charge in [-0.15, -0.1) is 0 Å². The molecule has 1 amide bonds. The van der Waals surface area contributed by atoms with Gasteiger partial charge in [-0.05, 0) is 18.8 Å². The van der Waals surface area contributed by atoms with Crippen molar-refractivity contribution in [1.29, 1.82) is 0 Å². The van der Waals surface area contributed by atoms with Crippen molar-refractivity contribution in [3.05, 3.63) is 6.04 Å². The van der Waals surface area contributed by atoms with Crippen molar-refractivity contribution < 1.29 is 14.4 Å². The number of unbranched alkanes of at least 4 members (excludes halogenated alkanes) is 2. The van der Waals surface area contributed by atoms with Gasteiger partial charge in [-0.25, -0.2) is 0 Å². The average molecular weight is 334 g/mol. The molecule has 0 atom stereocenters. The SMILES string of the molecule is CC(C)[C](N)C(=O)C(=O)CCCCCNC(=O)CBr. The molecular formula is C13H22BrN2O3. The number of alkyl halides is 1. The first-order chi connectivity index (χ1) is 8.90. The van der Waals surface area contributed by atoms with Gasteiger partial charge < -0.3 is 11.1 Å². The van der Waals surface area contributed by atoms with Crippen LogP contribution in [0.5, 0.6) is 0 Å². The lowest BCUT2D eigenvalue weighted by molar-refractivity contribution is -0.136. The van der Waals surface area contributed by atoms with Crippen molar-refractivity contribution in [3.8, 4) is 0 Å². The third kappa shape index (κ3) is 8.10. The van der Waals surface area contributed by atoms with E-state index >= 15 is 0 Å². The zero-order valence-corrected chi connectivity index (χ0v) is 13.1. The predicted octanol–water partition coefficient (Wildman–Crippen LogP) is 1.34. The molecule has 0 aromatic heterocycles. The van der Waals surface area contributed by atoms with Crippen molar-refractivity contribution in [2.75, 3.05) is 11.9 Å². The molecule has 0 spiro atoms. The van der Waals surface area contributed by atoms with Crippen molar-refractivity contribution in [2.24, 2.45) is 11.7 Å². The minimum Gasteiger partial charge on any atom is -0.355 e. The topological polar surface area (TPSA) is 89.3 Å². The lowest BCUT2D eigenvalue weighted by Gasteiger charge is -2.11. The Kier molecular flexibility index (Phi) is 9.69. The van der Waals surface area contributed by atoms with E-state index in [-0.39, 0.29) is 24.3 Å². The van der Waals surface area contributed by atoms with Gasteiger partial charge >= 0.3 is 0 Å². The molecule has 0 unspecified atom stereocenters.